The van der Waals surface area contributed by atoms with Crippen LogP contribution >= 0.6 is 22.6 Å². The molecular weight excluding hydrogens is 411 g/mol. The van der Waals surface area contributed by atoms with E-state index < -0.39 is 23.4 Å². The second-order valence-electron chi connectivity index (χ2n) is 3.99. The van der Waals surface area contributed by atoms with Crippen LogP contribution in [0.15, 0.2) is 22.7 Å². The average Bonchev–Trinajstić information content (AvgIpc) is 2.47. The lowest BCUT2D eigenvalue weighted by molar-refractivity contribution is -0.137. The van der Waals surface area contributed by atoms with E-state index in [4.69, 9.17) is 9.84 Å². The summed E-state index contributed by atoms with van der Waals surface area (Å²) in [5, 5.41) is 18.8. The highest BCUT2D eigenvalue weighted by atomic mass is 127. The first kappa shape index (κ1) is 18.5. The molecule has 0 saturated heterocycles. The number of carbonyl (C=O) groups excluding carboxylic acids is 1. The van der Waals surface area contributed by atoms with Crippen molar-refractivity contribution in [1.29, 1.82) is 0 Å². The molecule has 1 aromatic carbocycles. The van der Waals surface area contributed by atoms with Crippen molar-refractivity contribution in [1.82, 2.24) is 0 Å². The monoisotopic (exact) mass is 425 g/mol. The lowest BCUT2D eigenvalue weighted by Crippen LogP contribution is -2.12. The molecule has 22 heavy (non-hydrogen) atoms. The Balaban J connectivity index is 3.37. The van der Waals surface area contributed by atoms with E-state index in [-0.39, 0.29) is 34.5 Å². The Morgan fingerprint density at radius 1 is 1.41 bits per heavy atom. The number of aliphatic hydroxyl groups is 2. The number of aliphatic hydroxyl groups excluding tert-OH is 2. The molecule has 0 aliphatic rings. The van der Waals surface area contributed by atoms with E-state index in [0.29, 0.717) is 6.07 Å². The number of esters is 1. The number of carbonyl (C=O) groups is 1. The fourth-order valence-corrected chi connectivity index (χ4v) is 1.95. The Kier molecular flexibility index (Phi) is 7.39. The molecule has 8 heteroatoms. The summed E-state index contributed by atoms with van der Waals surface area (Å²) in [6.07, 6.45) is 0.985. The van der Waals surface area contributed by atoms with Gasteiger partial charge in [0.1, 0.15) is 23.0 Å². The van der Waals surface area contributed by atoms with Crippen LogP contribution < -0.4 is 0 Å². The van der Waals surface area contributed by atoms with Crippen molar-refractivity contribution in [2.75, 3.05) is 19.8 Å². The van der Waals surface area contributed by atoms with Crippen LogP contribution in [0.4, 0.5) is 8.78 Å². The number of halogens is 3. The van der Waals surface area contributed by atoms with Gasteiger partial charge in [0, 0.05) is 15.9 Å². The van der Waals surface area contributed by atoms with Crippen LogP contribution in [0.25, 0.3) is 5.76 Å². The van der Waals surface area contributed by atoms with Crippen LogP contribution in [0, 0.1) is 15.2 Å². The van der Waals surface area contributed by atoms with Crippen molar-refractivity contribution < 1.29 is 28.5 Å². The average molecular weight is 425 g/mol. The number of nitrogens with zero attached hydrogens (tertiary/aromatic N) is 1. The zero-order valence-electron chi connectivity index (χ0n) is 11.6. The molecule has 1 rings (SSSR count). The van der Waals surface area contributed by atoms with Crippen molar-refractivity contribution >= 4 is 40.5 Å². The molecular formula is C14H14F2INO4. The van der Waals surface area contributed by atoms with Gasteiger partial charge in [-0.1, -0.05) is 0 Å². The quantitative estimate of drug-likeness (QED) is 0.183. The molecule has 0 fully saturated rings. The van der Waals surface area contributed by atoms with Crippen molar-refractivity contribution in [3.05, 3.63) is 38.5 Å². The van der Waals surface area contributed by atoms with Gasteiger partial charge in [0.15, 0.2) is 0 Å². The van der Waals surface area contributed by atoms with Crippen LogP contribution in [0.3, 0.4) is 0 Å². The molecule has 0 bridgehead atoms. The highest BCUT2D eigenvalue weighted by Gasteiger charge is 2.20. The van der Waals surface area contributed by atoms with E-state index in [1.54, 1.807) is 29.5 Å². The van der Waals surface area contributed by atoms with Crippen LogP contribution in [0.5, 0.6) is 0 Å². The first-order chi connectivity index (χ1) is 10.4. The minimum absolute atomic E-state index is 0.000378. The molecule has 0 radical (unpaired) electrons. The van der Waals surface area contributed by atoms with Crippen molar-refractivity contribution in [3.8, 4) is 0 Å². The van der Waals surface area contributed by atoms with Gasteiger partial charge in [-0.2, -0.15) is 0 Å². The van der Waals surface area contributed by atoms with E-state index in [9.17, 15) is 18.7 Å². The van der Waals surface area contributed by atoms with E-state index in [0.717, 1.165) is 12.3 Å². The Hall–Kier alpha value is -1.55. The molecule has 5 nitrogen and oxygen atoms in total. The molecule has 0 aromatic heterocycles. The standard InChI is InChI=1S/C14H14F2INO4/c1-2-22-14(21)9(7-18-3-4-19)13(20)8-5-12(17)11(16)6-10(8)15/h5-7,19-20H,2-4H2,1H3. The van der Waals surface area contributed by atoms with Gasteiger partial charge >= 0.3 is 5.97 Å². The smallest absolute Gasteiger partial charge is 0.343 e. The summed E-state index contributed by atoms with van der Waals surface area (Å²) in [4.78, 5) is 15.5. The number of benzene rings is 1. The first-order valence-electron chi connectivity index (χ1n) is 6.28. The van der Waals surface area contributed by atoms with Gasteiger partial charge in [-0.25, -0.2) is 13.6 Å². The van der Waals surface area contributed by atoms with Gasteiger partial charge in [0.25, 0.3) is 0 Å². The highest BCUT2D eigenvalue weighted by Crippen LogP contribution is 2.24. The van der Waals surface area contributed by atoms with Gasteiger partial charge < -0.3 is 14.9 Å². The predicted molar refractivity (Wildman–Crippen MR) is 85.7 cm³/mol. The summed E-state index contributed by atoms with van der Waals surface area (Å²) in [6, 6.07) is 1.68. The summed E-state index contributed by atoms with van der Waals surface area (Å²) in [5.74, 6) is -3.41. The lowest BCUT2D eigenvalue weighted by Gasteiger charge is -2.08. The van der Waals surface area contributed by atoms with Gasteiger partial charge in [-0.05, 0) is 35.6 Å². The second kappa shape index (κ2) is 8.79. The van der Waals surface area contributed by atoms with E-state index in [1.807, 2.05) is 0 Å². The molecule has 0 heterocycles. The van der Waals surface area contributed by atoms with Gasteiger partial charge in [-0.15, -0.1) is 0 Å². The highest BCUT2D eigenvalue weighted by molar-refractivity contribution is 14.1. The SMILES string of the molecule is CCOC(=O)C(C=NCCO)=C(O)c1cc(I)c(F)cc1F. The third-order valence-electron chi connectivity index (χ3n) is 2.47. The fraction of sp³-hybridized carbons (Fsp3) is 0.286. The van der Waals surface area contributed by atoms with Gasteiger partial charge in [-0.3, -0.25) is 4.99 Å². The Morgan fingerprint density at radius 3 is 2.68 bits per heavy atom. The van der Waals surface area contributed by atoms with Gasteiger partial charge in [0.05, 0.1) is 25.3 Å². The maximum atomic E-state index is 13.8. The third-order valence-corrected chi connectivity index (χ3v) is 3.29. The largest absolute Gasteiger partial charge is 0.506 e. The molecule has 2 N–H and O–H groups in total. The Bertz CT molecular complexity index is 617. The summed E-state index contributed by atoms with van der Waals surface area (Å²) in [6.45, 7) is 1.36. The normalized spacial score (nSPS) is 12.4. The van der Waals surface area contributed by atoms with Crippen LogP contribution in [-0.2, 0) is 9.53 Å². The van der Waals surface area contributed by atoms with Crippen LogP contribution in [0.2, 0.25) is 0 Å². The number of ether oxygens (including phenoxy) is 1. The Labute approximate surface area is 139 Å². The maximum absolute atomic E-state index is 13.8. The van der Waals surface area contributed by atoms with E-state index in [2.05, 4.69) is 4.99 Å². The molecule has 0 spiro atoms. The minimum Gasteiger partial charge on any atom is -0.506 e. The molecule has 0 unspecified atom stereocenters. The topological polar surface area (TPSA) is 79.1 Å². The van der Waals surface area contributed by atoms with Crippen LogP contribution in [0.1, 0.15) is 12.5 Å². The molecule has 0 saturated carbocycles. The summed E-state index contributed by atoms with van der Waals surface area (Å²) in [5.41, 5.74) is -0.721. The maximum Gasteiger partial charge on any atom is 0.343 e. The zero-order valence-corrected chi connectivity index (χ0v) is 13.8. The molecule has 0 aliphatic carbocycles. The Morgan fingerprint density at radius 2 is 2.09 bits per heavy atom. The van der Waals surface area contributed by atoms with Gasteiger partial charge in [0.2, 0.25) is 0 Å². The summed E-state index contributed by atoms with van der Waals surface area (Å²) >= 11 is 1.63. The van der Waals surface area contributed by atoms with E-state index >= 15 is 0 Å². The molecule has 0 amide bonds. The third kappa shape index (κ3) is 4.73. The van der Waals surface area contributed by atoms with Crippen molar-refractivity contribution in [2.24, 2.45) is 4.99 Å². The van der Waals surface area contributed by atoms with Crippen LogP contribution in [-0.4, -0.2) is 42.2 Å². The molecule has 0 aliphatic heterocycles. The summed E-state index contributed by atoms with van der Waals surface area (Å²) < 4.78 is 31.9. The van der Waals surface area contributed by atoms with E-state index in [1.165, 1.54) is 0 Å². The molecule has 0 atom stereocenters. The lowest BCUT2D eigenvalue weighted by atomic mass is 10.1. The zero-order chi connectivity index (χ0) is 16.7. The predicted octanol–water partition coefficient (Wildman–Crippen LogP) is 2.46. The number of hydrogen-bond donors (Lipinski definition) is 2. The minimum atomic E-state index is -1.02. The molecule has 120 valence electrons. The first-order valence-corrected chi connectivity index (χ1v) is 7.36. The molecule has 1 aromatic rings. The number of aliphatic imine (C=N–C) groups is 1. The number of rotatable bonds is 6. The van der Waals surface area contributed by atoms with Crippen molar-refractivity contribution in [3.63, 3.8) is 0 Å². The second-order valence-corrected chi connectivity index (χ2v) is 5.15. The fourth-order valence-electron chi connectivity index (χ4n) is 1.48. The number of hydrogen-bond acceptors (Lipinski definition) is 5. The summed E-state index contributed by atoms with van der Waals surface area (Å²) in [7, 11) is 0. The van der Waals surface area contributed by atoms with Crippen molar-refractivity contribution in [2.45, 2.75) is 6.92 Å².